The summed E-state index contributed by atoms with van der Waals surface area (Å²) in [6, 6.07) is 8.49. The zero-order valence-corrected chi connectivity index (χ0v) is 12.2. The second-order valence-corrected chi connectivity index (χ2v) is 5.92. The Morgan fingerprint density at radius 2 is 2.16 bits per heavy atom. The maximum absolute atomic E-state index is 13.3. The van der Waals surface area contributed by atoms with Gasteiger partial charge in [0.1, 0.15) is 5.82 Å². The van der Waals surface area contributed by atoms with Gasteiger partial charge in [-0.2, -0.15) is 0 Å². The minimum absolute atomic E-state index is 0.0513. The molecule has 0 bridgehead atoms. The molecule has 0 aliphatic heterocycles. The minimum atomic E-state index is -0.282. The molecular formula is C14H16ClFN2S. The van der Waals surface area contributed by atoms with Crippen molar-refractivity contribution in [2.45, 2.75) is 25.8 Å². The van der Waals surface area contributed by atoms with Crippen molar-refractivity contribution in [1.29, 1.82) is 0 Å². The van der Waals surface area contributed by atoms with Crippen LogP contribution in [0.1, 0.15) is 28.3 Å². The molecule has 0 fully saturated rings. The lowest BCUT2D eigenvalue weighted by Crippen LogP contribution is -2.29. The molecule has 2 rings (SSSR count). The first kappa shape index (κ1) is 14.5. The van der Waals surface area contributed by atoms with Crippen LogP contribution >= 0.6 is 22.9 Å². The Morgan fingerprint density at radius 1 is 1.37 bits per heavy atom. The predicted octanol–water partition coefficient (Wildman–Crippen LogP) is 3.85. The second kappa shape index (κ2) is 6.48. The highest BCUT2D eigenvalue weighted by Crippen LogP contribution is 2.28. The maximum atomic E-state index is 13.3. The van der Waals surface area contributed by atoms with Crippen molar-refractivity contribution in [3.05, 3.63) is 56.5 Å². The van der Waals surface area contributed by atoms with Crippen molar-refractivity contribution >= 4 is 22.9 Å². The van der Waals surface area contributed by atoms with Crippen LogP contribution in [0.2, 0.25) is 5.02 Å². The fourth-order valence-corrected chi connectivity index (χ4v) is 3.14. The van der Waals surface area contributed by atoms with Gasteiger partial charge >= 0.3 is 0 Å². The number of hydrogen-bond donors (Lipinski definition) is 2. The number of halogens is 2. The van der Waals surface area contributed by atoms with Crippen molar-refractivity contribution in [2.75, 3.05) is 0 Å². The monoisotopic (exact) mass is 298 g/mol. The molecule has 0 spiro atoms. The van der Waals surface area contributed by atoms with Crippen LogP contribution < -0.4 is 11.3 Å². The number of hydrazine groups is 1. The van der Waals surface area contributed by atoms with Crippen LogP contribution in [0.25, 0.3) is 0 Å². The van der Waals surface area contributed by atoms with Gasteiger partial charge in [0.15, 0.2) is 0 Å². The van der Waals surface area contributed by atoms with E-state index in [1.807, 2.05) is 0 Å². The third-order valence-corrected chi connectivity index (χ3v) is 4.72. The molecule has 1 atom stereocenters. The van der Waals surface area contributed by atoms with E-state index in [0.717, 1.165) is 16.9 Å². The molecule has 0 saturated carbocycles. The number of benzene rings is 1. The number of nitrogens with one attached hydrogen (secondary N) is 1. The summed E-state index contributed by atoms with van der Waals surface area (Å²) in [5.74, 6) is 5.33. The fourth-order valence-electron chi connectivity index (χ4n) is 1.93. The van der Waals surface area contributed by atoms with E-state index in [-0.39, 0.29) is 11.9 Å². The molecule has 0 saturated heterocycles. The molecule has 5 heteroatoms. The molecule has 2 aromatic rings. The minimum Gasteiger partial charge on any atom is -0.271 e. The topological polar surface area (TPSA) is 38.0 Å². The van der Waals surface area contributed by atoms with Gasteiger partial charge in [0.05, 0.1) is 6.04 Å². The van der Waals surface area contributed by atoms with Gasteiger partial charge in [0.2, 0.25) is 0 Å². The molecule has 102 valence electrons. The van der Waals surface area contributed by atoms with Gasteiger partial charge in [-0.3, -0.25) is 11.3 Å². The summed E-state index contributed by atoms with van der Waals surface area (Å²) >= 11 is 7.80. The third-order valence-electron chi connectivity index (χ3n) is 3.01. The molecule has 2 nitrogen and oxygen atoms in total. The van der Waals surface area contributed by atoms with Crippen LogP contribution in [0.5, 0.6) is 0 Å². The third kappa shape index (κ3) is 3.54. The lowest BCUT2D eigenvalue weighted by molar-refractivity contribution is 0.557. The number of rotatable bonds is 5. The number of hydrogen-bond acceptors (Lipinski definition) is 3. The van der Waals surface area contributed by atoms with Crippen molar-refractivity contribution in [3.63, 3.8) is 0 Å². The van der Waals surface area contributed by atoms with Gasteiger partial charge in [-0.1, -0.05) is 18.5 Å². The Kier molecular flexibility index (Phi) is 4.93. The van der Waals surface area contributed by atoms with E-state index in [0.29, 0.717) is 11.4 Å². The molecule has 0 radical (unpaired) electrons. The van der Waals surface area contributed by atoms with Crippen LogP contribution in [0.4, 0.5) is 4.39 Å². The van der Waals surface area contributed by atoms with E-state index < -0.39 is 0 Å². The molecular weight excluding hydrogens is 283 g/mol. The predicted molar refractivity (Wildman–Crippen MR) is 78.9 cm³/mol. The molecule has 3 N–H and O–H groups in total. The first-order chi connectivity index (χ1) is 9.13. The molecule has 0 aliphatic carbocycles. The molecule has 0 amide bonds. The van der Waals surface area contributed by atoms with Gasteiger partial charge in [0.25, 0.3) is 0 Å². The average Bonchev–Trinajstić information content (AvgIpc) is 2.88. The van der Waals surface area contributed by atoms with E-state index >= 15 is 0 Å². The Morgan fingerprint density at radius 3 is 2.79 bits per heavy atom. The van der Waals surface area contributed by atoms with Gasteiger partial charge in [-0.25, -0.2) is 4.39 Å². The van der Waals surface area contributed by atoms with Gasteiger partial charge < -0.3 is 0 Å². The van der Waals surface area contributed by atoms with Crippen molar-refractivity contribution < 1.29 is 4.39 Å². The lowest BCUT2D eigenvalue weighted by Gasteiger charge is -2.15. The number of nitrogens with two attached hydrogens (primary N) is 1. The summed E-state index contributed by atoms with van der Waals surface area (Å²) in [7, 11) is 0. The Balaban J connectivity index is 2.21. The van der Waals surface area contributed by atoms with Crippen molar-refractivity contribution in [3.8, 4) is 0 Å². The highest BCUT2D eigenvalue weighted by molar-refractivity contribution is 7.12. The fraction of sp³-hybridized carbons (Fsp3) is 0.286. The van der Waals surface area contributed by atoms with Crippen LogP contribution in [0.3, 0.4) is 0 Å². The summed E-state index contributed by atoms with van der Waals surface area (Å²) in [4.78, 5) is 2.44. The summed E-state index contributed by atoms with van der Waals surface area (Å²) in [6.07, 6.45) is 1.57. The van der Waals surface area contributed by atoms with E-state index in [1.165, 1.54) is 17.0 Å². The van der Waals surface area contributed by atoms with Gasteiger partial charge in [-0.15, -0.1) is 11.3 Å². The quantitative estimate of drug-likeness (QED) is 0.650. The molecule has 0 aliphatic rings. The second-order valence-electron chi connectivity index (χ2n) is 4.32. The largest absolute Gasteiger partial charge is 0.271 e. The van der Waals surface area contributed by atoms with Crippen molar-refractivity contribution in [2.24, 2.45) is 5.84 Å². The van der Waals surface area contributed by atoms with E-state index in [4.69, 9.17) is 17.4 Å². The Hall–Kier alpha value is -0.940. The number of thiophene rings is 1. The normalized spacial score (nSPS) is 12.6. The van der Waals surface area contributed by atoms with Gasteiger partial charge in [-0.05, 0) is 48.7 Å². The summed E-state index contributed by atoms with van der Waals surface area (Å²) < 4.78 is 13.3. The van der Waals surface area contributed by atoms with Crippen LogP contribution in [0.15, 0.2) is 30.3 Å². The Bertz CT molecular complexity index is 556. The summed E-state index contributed by atoms with van der Waals surface area (Å²) in [5, 5.41) is 0.564. The maximum Gasteiger partial charge on any atom is 0.123 e. The van der Waals surface area contributed by atoms with E-state index in [9.17, 15) is 4.39 Å². The first-order valence-corrected chi connectivity index (χ1v) is 7.32. The highest BCUT2D eigenvalue weighted by Gasteiger charge is 2.15. The lowest BCUT2D eigenvalue weighted by atomic mass is 10.0. The smallest absolute Gasteiger partial charge is 0.123 e. The standard InChI is InChI=1S/C14H16ClFN2S/c1-2-11-4-6-14(19-11)13(18-17)8-9-7-10(16)3-5-12(9)15/h3-7,13,18H,2,8,17H2,1H3. The average molecular weight is 299 g/mol. The molecule has 1 heterocycles. The highest BCUT2D eigenvalue weighted by atomic mass is 35.5. The van der Waals surface area contributed by atoms with E-state index in [2.05, 4.69) is 24.5 Å². The molecule has 19 heavy (non-hydrogen) atoms. The van der Waals surface area contributed by atoms with Crippen LogP contribution in [-0.2, 0) is 12.8 Å². The SMILES string of the molecule is CCc1ccc(C(Cc2cc(F)ccc2Cl)NN)s1. The van der Waals surface area contributed by atoms with Crippen LogP contribution in [0, 0.1) is 5.82 Å². The number of aryl methyl sites for hydroxylation is 1. The van der Waals surface area contributed by atoms with Crippen LogP contribution in [-0.4, -0.2) is 0 Å². The molecule has 1 unspecified atom stereocenters. The molecule has 1 aromatic carbocycles. The van der Waals surface area contributed by atoms with Gasteiger partial charge in [0, 0.05) is 14.8 Å². The first-order valence-electron chi connectivity index (χ1n) is 6.12. The molecule has 1 aromatic heterocycles. The zero-order valence-electron chi connectivity index (χ0n) is 10.6. The zero-order chi connectivity index (χ0) is 13.8. The summed E-state index contributed by atoms with van der Waals surface area (Å²) in [5.41, 5.74) is 3.54. The van der Waals surface area contributed by atoms with E-state index in [1.54, 1.807) is 17.4 Å². The van der Waals surface area contributed by atoms with Crippen molar-refractivity contribution in [1.82, 2.24) is 5.43 Å². The summed E-state index contributed by atoms with van der Waals surface area (Å²) in [6.45, 7) is 2.12. The Labute approximate surface area is 121 Å².